The standard InChI is InChI=1S/C14H19N3OS2/c1-19-8-7-12(15-13(18)9-20-2)14-16-10-5-3-4-6-11(10)17-14/h3-6,12H,7-9H2,1-2H3,(H,15,18)(H,16,17)/t12-/m1/s1. The number of fused-ring (bicyclic) bond motifs is 1. The highest BCUT2D eigenvalue weighted by molar-refractivity contribution is 7.99. The van der Waals surface area contributed by atoms with Crippen molar-refractivity contribution >= 4 is 40.5 Å². The highest BCUT2D eigenvalue weighted by Crippen LogP contribution is 2.20. The Balaban J connectivity index is 2.18. The van der Waals surface area contributed by atoms with Gasteiger partial charge in [-0.15, -0.1) is 0 Å². The summed E-state index contributed by atoms with van der Waals surface area (Å²) in [6.07, 6.45) is 4.87. The fourth-order valence-corrected chi connectivity index (χ4v) is 2.83. The lowest BCUT2D eigenvalue weighted by Gasteiger charge is -2.15. The third-order valence-electron chi connectivity index (χ3n) is 2.96. The number of rotatable bonds is 7. The highest BCUT2D eigenvalue weighted by atomic mass is 32.2. The number of para-hydroxylation sites is 2. The molecule has 0 aliphatic carbocycles. The van der Waals surface area contributed by atoms with Crippen molar-refractivity contribution in [2.45, 2.75) is 12.5 Å². The number of aromatic nitrogens is 2. The van der Waals surface area contributed by atoms with Crippen LogP contribution in [-0.4, -0.2) is 39.9 Å². The number of benzene rings is 1. The highest BCUT2D eigenvalue weighted by Gasteiger charge is 2.17. The molecule has 0 aliphatic heterocycles. The third kappa shape index (κ3) is 3.93. The van der Waals surface area contributed by atoms with Gasteiger partial charge in [0.2, 0.25) is 5.91 Å². The average Bonchev–Trinajstić information content (AvgIpc) is 2.87. The van der Waals surface area contributed by atoms with E-state index in [1.165, 1.54) is 11.8 Å². The van der Waals surface area contributed by atoms with Crippen LogP contribution in [0.1, 0.15) is 18.3 Å². The Kier molecular flexibility index (Phi) is 5.79. The topological polar surface area (TPSA) is 57.8 Å². The monoisotopic (exact) mass is 309 g/mol. The Morgan fingerprint density at radius 3 is 2.85 bits per heavy atom. The second kappa shape index (κ2) is 7.59. The van der Waals surface area contributed by atoms with E-state index in [2.05, 4.69) is 21.5 Å². The van der Waals surface area contributed by atoms with Crippen LogP contribution in [0.5, 0.6) is 0 Å². The quantitative estimate of drug-likeness (QED) is 0.826. The molecule has 0 radical (unpaired) electrons. The molecule has 0 saturated heterocycles. The second-order valence-corrected chi connectivity index (χ2v) is 6.33. The molecule has 0 aliphatic rings. The molecule has 4 nitrogen and oxygen atoms in total. The number of hydrogen-bond acceptors (Lipinski definition) is 4. The smallest absolute Gasteiger partial charge is 0.230 e. The maximum absolute atomic E-state index is 11.8. The maximum Gasteiger partial charge on any atom is 0.230 e. The van der Waals surface area contributed by atoms with E-state index in [9.17, 15) is 4.79 Å². The van der Waals surface area contributed by atoms with E-state index in [4.69, 9.17) is 0 Å². The van der Waals surface area contributed by atoms with Crippen LogP contribution in [0.3, 0.4) is 0 Å². The SMILES string of the molecule is CSCC[C@@H](NC(=O)CSC)c1nc2ccccc2[nH]1. The van der Waals surface area contributed by atoms with Crippen molar-refractivity contribution in [1.82, 2.24) is 15.3 Å². The largest absolute Gasteiger partial charge is 0.345 e. The van der Waals surface area contributed by atoms with Gasteiger partial charge < -0.3 is 10.3 Å². The van der Waals surface area contributed by atoms with Gasteiger partial charge >= 0.3 is 0 Å². The first kappa shape index (κ1) is 15.3. The van der Waals surface area contributed by atoms with Crippen molar-refractivity contribution in [3.8, 4) is 0 Å². The molecular formula is C14H19N3OS2. The van der Waals surface area contributed by atoms with Crippen LogP contribution in [0.2, 0.25) is 0 Å². The van der Waals surface area contributed by atoms with Gasteiger partial charge in [-0.1, -0.05) is 12.1 Å². The van der Waals surface area contributed by atoms with Crippen LogP contribution < -0.4 is 5.32 Å². The van der Waals surface area contributed by atoms with Gasteiger partial charge in [0, 0.05) is 0 Å². The number of thioether (sulfide) groups is 2. The lowest BCUT2D eigenvalue weighted by Crippen LogP contribution is -2.31. The first-order chi connectivity index (χ1) is 9.74. The number of imidazole rings is 1. The zero-order valence-corrected chi connectivity index (χ0v) is 13.3. The number of aromatic amines is 1. The molecule has 0 unspecified atom stereocenters. The Morgan fingerprint density at radius 1 is 1.35 bits per heavy atom. The molecule has 2 aromatic rings. The molecule has 0 spiro atoms. The molecule has 1 amide bonds. The lowest BCUT2D eigenvalue weighted by molar-refractivity contribution is -0.119. The molecule has 0 fully saturated rings. The first-order valence-electron chi connectivity index (χ1n) is 6.46. The molecule has 1 atom stereocenters. The summed E-state index contributed by atoms with van der Waals surface area (Å²) in [5.74, 6) is 2.37. The van der Waals surface area contributed by atoms with E-state index < -0.39 is 0 Å². The third-order valence-corrected chi connectivity index (χ3v) is 4.15. The van der Waals surface area contributed by atoms with Gasteiger partial charge in [-0.2, -0.15) is 23.5 Å². The summed E-state index contributed by atoms with van der Waals surface area (Å²) < 4.78 is 0. The van der Waals surface area contributed by atoms with Crippen molar-refractivity contribution in [1.29, 1.82) is 0 Å². The molecular weight excluding hydrogens is 290 g/mol. The fourth-order valence-electron chi connectivity index (χ4n) is 2.02. The molecule has 2 rings (SSSR count). The number of hydrogen-bond donors (Lipinski definition) is 2. The summed E-state index contributed by atoms with van der Waals surface area (Å²) in [4.78, 5) is 19.7. The Morgan fingerprint density at radius 2 is 2.15 bits per heavy atom. The van der Waals surface area contributed by atoms with Crippen LogP contribution in [0.15, 0.2) is 24.3 Å². The van der Waals surface area contributed by atoms with Gasteiger partial charge in [-0.05, 0) is 36.8 Å². The minimum Gasteiger partial charge on any atom is -0.345 e. The number of carbonyl (C=O) groups is 1. The Labute approximate surface area is 127 Å². The van der Waals surface area contributed by atoms with E-state index in [0.29, 0.717) is 5.75 Å². The van der Waals surface area contributed by atoms with Crippen molar-refractivity contribution < 1.29 is 4.79 Å². The number of nitrogens with one attached hydrogen (secondary N) is 2. The summed E-state index contributed by atoms with van der Waals surface area (Å²) >= 11 is 3.30. The molecule has 1 aromatic carbocycles. The lowest BCUT2D eigenvalue weighted by atomic mass is 10.2. The molecule has 0 saturated carbocycles. The molecule has 108 valence electrons. The molecule has 6 heteroatoms. The van der Waals surface area contributed by atoms with Crippen LogP contribution in [0.25, 0.3) is 11.0 Å². The van der Waals surface area contributed by atoms with Gasteiger partial charge in [0.05, 0.1) is 22.8 Å². The van der Waals surface area contributed by atoms with Crippen molar-refractivity contribution in [3.05, 3.63) is 30.1 Å². The Hall–Kier alpha value is -1.14. The zero-order chi connectivity index (χ0) is 14.4. The maximum atomic E-state index is 11.8. The van der Waals surface area contributed by atoms with E-state index in [-0.39, 0.29) is 11.9 Å². The fraction of sp³-hybridized carbons (Fsp3) is 0.429. The number of nitrogens with zero attached hydrogens (tertiary/aromatic N) is 1. The van der Waals surface area contributed by atoms with E-state index in [1.807, 2.05) is 30.5 Å². The first-order valence-corrected chi connectivity index (χ1v) is 9.25. The van der Waals surface area contributed by atoms with Crippen molar-refractivity contribution in [3.63, 3.8) is 0 Å². The summed E-state index contributed by atoms with van der Waals surface area (Å²) in [6, 6.07) is 7.88. The predicted molar refractivity (Wildman–Crippen MR) is 88.4 cm³/mol. The molecule has 1 aromatic heterocycles. The van der Waals surface area contributed by atoms with Crippen molar-refractivity contribution in [2.24, 2.45) is 0 Å². The van der Waals surface area contributed by atoms with Crippen LogP contribution in [0.4, 0.5) is 0 Å². The molecule has 0 bridgehead atoms. The van der Waals surface area contributed by atoms with E-state index in [1.54, 1.807) is 11.8 Å². The van der Waals surface area contributed by atoms with Gasteiger partial charge in [0.25, 0.3) is 0 Å². The van der Waals surface area contributed by atoms with Crippen LogP contribution >= 0.6 is 23.5 Å². The minimum absolute atomic E-state index is 0.0468. The summed E-state index contributed by atoms with van der Waals surface area (Å²) in [5, 5.41) is 3.06. The van der Waals surface area contributed by atoms with E-state index in [0.717, 1.165) is 29.0 Å². The van der Waals surface area contributed by atoms with E-state index >= 15 is 0 Å². The summed E-state index contributed by atoms with van der Waals surface area (Å²) in [6.45, 7) is 0. The normalized spacial score (nSPS) is 12.5. The Bertz CT molecular complexity index is 537. The predicted octanol–water partition coefficient (Wildman–Crippen LogP) is 2.84. The van der Waals surface area contributed by atoms with Gasteiger partial charge in [-0.3, -0.25) is 4.79 Å². The number of carbonyl (C=O) groups excluding carboxylic acids is 1. The average molecular weight is 309 g/mol. The molecule has 2 N–H and O–H groups in total. The van der Waals surface area contributed by atoms with Gasteiger partial charge in [0.1, 0.15) is 5.82 Å². The summed E-state index contributed by atoms with van der Waals surface area (Å²) in [7, 11) is 0. The number of H-pyrrole nitrogens is 1. The zero-order valence-electron chi connectivity index (χ0n) is 11.7. The summed E-state index contributed by atoms with van der Waals surface area (Å²) in [5.41, 5.74) is 1.95. The van der Waals surface area contributed by atoms with Crippen LogP contribution in [0, 0.1) is 0 Å². The molecule has 20 heavy (non-hydrogen) atoms. The number of amides is 1. The van der Waals surface area contributed by atoms with Crippen molar-refractivity contribution in [2.75, 3.05) is 24.0 Å². The molecule has 1 heterocycles. The van der Waals surface area contributed by atoms with Gasteiger partial charge in [-0.25, -0.2) is 4.98 Å². The van der Waals surface area contributed by atoms with Crippen LogP contribution in [-0.2, 0) is 4.79 Å². The minimum atomic E-state index is -0.0468. The van der Waals surface area contributed by atoms with Gasteiger partial charge in [0.15, 0.2) is 0 Å². The second-order valence-electron chi connectivity index (χ2n) is 4.47.